The van der Waals surface area contributed by atoms with Gasteiger partial charge in [-0.1, -0.05) is 6.08 Å². The topological polar surface area (TPSA) is 0 Å². The molecule has 0 heterocycles. The summed E-state index contributed by atoms with van der Waals surface area (Å²) in [6.45, 7) is 3.54. The lowest BCUT2D eigenvalue weighted by Gasteiger charge is -1.73. The zero-order valence-electron chi connectivity index (χ0n) is 4.09. The van der Waals surface area contributed by atoms with Crippen molar-refractivity contribution in [3.8, 4) is 0 Å². The van der Waals surface area contributed by atoms with Gasteiger partial charge in [-0.25, -0.2) is 0 Å². The molecule has 0 radical (unpaired) electrons. The maximum absolute atomic E-state index is 3.54. The second-order valence-corrected chi connectivity index (χ2v) is 1.44. The highest BCUT2D eigenvalue weighted by atomic mass is 79.9. The molecule has 0 saturated heterocycles. The molecule has 46 valence electrons. The van der Waals surface area contributed by atoms with Gasteiger partial charge in [0, 0.05) is 0 Å². The summed E-state index contributed by atoms with van der Waals surface area (Å²) in [5.74, 6) is 0. The van der Waals surface area contributed by atoms with Crippen molar-refractivity contribution < 1.29 is 0 Å². The molecule has 0 aromatic carbocycles. The van der Waals surface area contributed by atoms with Gasteiger partial charge < -0.3 is 0 Å². The summed E-state index contributed by atoms with van der Waals surface area (Å²) < 4.78 is 0. The Morgan fingerprint density at radius 2 is 1.86 bits per heavy atom. The van der Waals surface area contributed by atoms with Gasteiger partial charge in [0.25, 0.3) is 0 Å². The quantitative estimate of drug-likeness (QED) is 0.522. The van der Waals surface area contributed by atoms with Crippen molar-refractivity contribution >= 4 is 43.2 Å². The van der Waals surface area contributed by atoms with Gasteiger partial charge in [-0.15, -0.1) is 49.8 Å². The average molecular weight is 250 g/mol. The number of rotatable bonds is 2. The SMILES string of the molecule is Br.Br.C=CCCP. The Kier molecular flexibility index (Phi) is 35.2. The van der Waals surface area contributed by atoms with E-state index in [2.05, 4.69) is 15.8 Å². The van der Waals surface area contributed by atoms with Crippen LogP contribution in [0.3, 0.4) is 0 Å². The maximum atomic E-state index is 3.54. The summed E-state index contributed by atoms with van der Waals surface area (Å²) in [6, 6.07) is 0. The van der Waals surface area contributed by atoms with Crippen LogP contribution in [0.1, 0.15) is 6.42 Å². The predicted molar refractivity (Wildman–Crippen MR) is 50.0 cm³/mol. The van der Waals surface area contributed by atoms with Crippen molar-refractivity contribution in [2.24, 2.45) is 0 Å². The van der Waals surface area contributed by atoms with E-state index in [4.69, 9.17) is 0 Å². The van der Waals surface area contributed by atoms with Gasteiger partial charge in [-0.3, -0.25) is 0 Å². The summed E-state index contributed by atoms with van der Waals surface area (Å²) in [5.41, 5.74) is 0. The third-order valence-corrected chi connectivity index (χ3v) is 0.704. The number of hydrogen-bond donors (Lipinski definition) is 0. The molecule has 0 aliphatic carbocycles. The van der Waals surface area contributed by atoms with Gasteiger partial charge in [0.15, 0.2) is 0 Å². The summed E-state index contributed by atoms with van der Waals surface area (Å²) in [4.78, 5) is 0. The average Bonchev–Trinajstić information content (AvgIpc) is 1.41. The lowest BCUT2D eigenvalue weighted by Crippen LogP contribution is -1.58. The van der Waals surface area contributed by atoms with Crippen molar-refractivity contribution in [3.63, 3.8) is 0 Å². The van der Waals surface area contributed by atoms with E-state index in [1.165, 1.54) is 0 Å². The predicted octanol–water partition coefficient (Wildman–Crippen LogP) is 2.59. The van der Waals surface area contributed by atoms with Crippen molar-refractivity contribution in [1.29, 1.82) is 0 Å². The molecular weight excluding hydrogens is 239 g/mol. The third-order valence-electron chi connectivity index (χ3n) is 0.371. The van der Waals surface area contributed by atoms with Crippen molar-refractivity contribution in [3.05, 3.63) is 12.7 Å². The van der Waals surface area contributed by atoms with E-state index in [1.807, 2.05) is 6.08 Å². The molecule has 0 aromatic heterocycles. The molecule has 0 amide bonds. The Morgan fingerprint density at radius 1 is 1.43 bits per heavy atom. The minimum atomic E-state index is 0. The second-order valence-electron chi connectivity index (χ2n) is 0.866. The molecule has 0 saturated carbocycles. The third kappa shape index (κ3) is 19.2. The molecule has 0 aliphatic heterocycles. The molecule has 0 N–H and O–H groups in total. The molecule has 0 bridgehead atoms. The number of allylic oxidation sites excluding steroid dienone is 1. The second kappa shape index (κ2) is 15.7. The minimum absolute atomic E-state index is 0. The van der Waals surface area contributed by atoms with E-state index >= 15 is 0 Å². The highest BCUT2D eigenvalue weighted by Gasteiger charge is 1.61. The molecule has 0 aromatic rings. The zero-order valence-corrected chi connectivity index (χ0v) is 8.67. The Labute approximate surface area is 68.5 Å². The van der Waals surface area contributed by atoms with E-state index < -0.39 is 0 Å². The minimum Gasteiger partial charge on any atom is -0.137 e. The fourth-order valence-electron chi connectivity index (χ4n) is 0.118. The molecule has 0 aliphatic rings. The Morgan fingerprint density at radius 3 is 1.86 bits per heavy atom. The molecule has 0 spiro atoms. The monoisotopic (exact) mass is 248 g/mol. The van der Waals surface area contributed by atoms with Crippen molar-refractivity contribution in [2.45, 2.75) is 6.42 Å². The highest BCUT2D eigenvalue weighted by Crippen LogP contribution is 1.84. The van der Waals surface area contributed by atoms with Gasteiger partial charge in [-0.2, -0.15) is 0 Å². The van der Waals surface area contributed by atoms with Gasteiger partial charge in [0.1, 0.15) is 0 Å². The summed E-state index contributed by atoms with van der Waals surface area (Å²) in [7, 11) is 2.63. The van der Waals surface area contributed by atoms with Crippen LogP contribution in [0.2, 0.25) is 0 Å². The number of halogens is 2. The van der Waals surface area contributed by atoms with Crippen LogP contribution in [0, 0.1) is 0 Å². The number of hydrogen-bond acceptors (Lipinski definition) is 0. The van der Waals surface area contributed by atoms with Gasteiger partial charge >= 0.3 is 0 Å². The summed E-state index contributed by atoms with van der Waals surface area (Å²) in [5, 5.41) is 0. The van der Waals surface area contributed by atoms with Crippen LogP contribution in [0.5, 0.6) is 0 Å². The summed E-state index contributed by atoms with van der Waals surface area (Å²) >= 11 is 0. The molecule has 0 nitrogen and oxygen atoms in total. The lowest BCUT2D eigenvalue weighted by atomic mass is 10.5. The smallest absolute Gasteiger partial charge is 0.0319 e. The first-order chi connectivity index (χ1) is 2.41. The Balaban J connectivity index is -0.0000000800. The molecule has 7 heavy (non-hydrogen) atoms. The van der Waals surface area contributed by atoms with E-state index in [-0.39, 0.29) is 34.0 Å². The zero-order chi connectivity index (χ0) is 4.12. The maximum Gasteiger partial charge on any atom is -0.0319 e. The first kappa shape index (κ1) is 15.7. The first-order valence-electron chi connectivity index (χ1n) is 1.72. The van der Waals surface area contributed by atoms with Crippen LogP contribution in [0.25, 0.3) is 0 Å². The Bertz CT molecular complexity index is 30.9. The standard InChI is InChI=1S/C4H9P.2BrH/c1-2-3-4-5;;/h2H,1,3-5H2;2*1H. The van der Waals surface area contributed by atoms with Crippen LogP contribution in [0.15, 0.2) is 12.7 Å². The Hall–Kier alpha value is 1.13. The van der Waals surface area contributed by atoms with Crippen LogP contribution >= 0.6 is 43.2 Å². The first-order valence-corrected chi connectivity index (χ1v) is 2.54. The van der Waals surface area contributed by atoms with Crippen molar-refractivity contribution in [1.82, 2.24) is 0 Å². The van der Waals surface area contributed by atoms with Gasteiger partial charge in [0.05, 0.1) is 0 Å². The van der Waals surface area contributed by atoms with E-state index in [9.17, 15) is 0 Å². The molecule has 1 atom stereocenters. The van der Waals surface area contributed by atoms with E-state index in [1.54, 1.807) is 0 Å². The van der Waals surface area contributed by atoms with E-state index in [0.29, 0.717) is 0 Å². The highest BCUT2D eigenvalue weighted by molar-refractivity contribution is 8.93. The van der Waals surface area contributed by atoms with Crippen LogP contribution in [-0.4, -0.2) is 6.16 Å². The molecule has 0 fully saturated rings. The van der Waals surface area contributed by atoms with Crippen molar-refractivity contribution in [2.75, 3.05) is 6.16 Å². The van der Waals surface area contributed by atoms with Gasteiger partial charge in [-0.05, 0) is 12.6 Å². The molecule has 0 rings (SSSR count). The van der Waals surface area contributed by atoms with Crippen LogP contribution in [0.4, 0.5) is 0 Å². The summed E-state index contributed by atoms with van der Waals surface area (Å²) in [6.07, 6.45) is 4.17. The fraction of sp³-hybridized carbons (Fsp3) is 0.500. The largest absolute Gasteiger partial charge is 0.137 e. The molecule has 1 unspecified atom stereocenters. The van der Waals surface area contributed by atoms with Crippen LogP contribution in [-0.2, 0) is 0 Å². The van der Waals surface area contributed by atoms with Crippen LogP contribution < -0.4 is 0 Å². The van der Waals surface area contributed by atoms with Gasteiger partial charge in [0.2, 0.25) is 0 Å². The van der Waals surface area contributed by atoms with E-state index in [0.717, 1.165) is 12.6 Å². The fourth-order valence-corrected chi connectivity index (χ4v) is 0.354. The molecular formula is C4H11Br2P. The molecule has 3 heteroatoms. The lowest BCUT2D eigenvalue weighted by molar-refractivity contribution is 1.26. The normalized spacial score (nSPS) is 5.29.